The zero-order chi connectivity index (χ0) is 13.5. The monoisotopic (exact) mass is 264 g/mol. The molecule has 0 saturated carbocycles. The normalized spacial score (nSPS) is 19.9. The van der Waals surface area contributed by atoms with Crippen molar-refractivity contribution < 1.29 is 0 Å². The molecule has 0 spiro atoms. The summed E-state index contributed by atoms with van der Waals surface area (Å²) in [4.78, 5) is 6.90. The Morgan fingerprint density at radius 1 is 1.21 bits per heavy atom. The fourth-order valence-corrected chi connectivity index (χ4v) is 3.08. The molecule has 1 aliphatic rings. The Balaban J connectivity index is 2.10. The molecule has 19 heavy (non-hydrogen) atoms. The first kappa shape index (κ1) is 14.5. The second-order valence-electron chi connectivity index (χ2n) is 5.57. The van der Waals surface area contributed by atoms with Gasteiger partial charge in [-0.1, -0.05) is 26.2 Å². The average Bonchev–Trinajstić information content (AvgIpc) is 2.81. The molecular formula is C15H28N4. The average molecular weight is 264 g/mol. The molecule has 0 aliphatic carbocycles. The standard InChI is InChI=1S/C15H28N4/c1-2-8-19-13-17-12-15(19)14(11-16)18-9-6-4-3-5-7-10-18/h12-14H,2-11,16H2,1H3. The van der Waals surface area contributed by atoms with Crippen LogP contribution in [0.2, 0.25) is 0 Å². The third-order valence-corrected chi connectivity index (χ3v) is 4.11. The molecule has 1 unspecified atom stereocenters. The van der Waals surface area contributed by atoms with Crippen LogP contribution < -0.4 is 5.73 Å². The van der Waals surface area contributed by atoms with Crippen molar-refractivity contribution in [2.45, 2.75) is 58.0 Å². The van der Waals surface area contributed by atoms with Crippen molar-refractivity contribution >= 4 is 0 Å². The van der Waals surface area contributed by atoms with Gasteiger partial charge >= 0.3 is 0 Å². The Labute approximate surface area is 117 Å². The lowest BCUT2D eigenvalue weighted by atomic mass is 10.1. The summed E-state index contributed by atoms with van der Waals surface area (Å²) < 4.78 is 2.27. The summed E-state index contributed by atoms with van der Waals surface area (Å²) in [6, 6.07) is 0.340. The van der Waals surface area contributed by atoms with E-state index in [4.69, 9.17) is 5.73 Å². The first-order valence-electron chi connectivity index (χ1n) is 7.81. The third kappa shape index (κ3) is 3.80. The van der Waals surface area contributed by atoms with Gasteiger partial charge in [-0.25, -0.2) is 4.98 Å². The molecule has 4 heteroatoms. The van der Waals surface area contributed by atoms with Gasteiger partial charge in [-0.3, -0.25) is 4.90 Å². The first-order valence-corrected chi connectivity index (χ1v) is 7.81. The minimum Gasteiger partial charge on any atom is -0.333 e. The Kier molecular flexibility index (Phi) is 5.86. The van der Waals surface area contributed by atoms with Gasteiger partial charge in [0.25, 0.3) is 0 Å². The molecule has 1 fully saturated rings. The fourth-order valence-electron chi connectivity index (χ4n) is 3.08. The molecule has 1 aromatic rings. The van der Waals surface area contributed by atoms with Crippen LogP contribution in [0.3, 0.4) is 0 Å². The maximum absolute atomic E-state index is 6.07. The molecular weight excluding hydrogens is 236 g/mol. The van der Waals surface area contributed by atoms with Crippen LogP contribution in [0.1, 0.15) is 57.2 Å². The number of imidazole rings is 1. The highest BCUT2D eigenvalue weighted by Gasteiger charge is 2.22. The highest BCUT2D eigenvalue weighted by Crippen LogP contribution is 2.23. The molecule has 0 amide bonds. The third-order valence-electron chi connectivity index (χ3n) is 4.11. The van der Waals surface area contributed by atoms with Crippen molar-refractivity contribution in [3.8, 4) is 0 Å². The quantitative estimate of drug-likeness (QED) is 0.889. The van der Waals surface area contributed by atoms with Gasteiger partial charge in [0, 0.05) is 19.3 Å². The number of likely N-dealkylation sites (tertiary alicyclic amines) is 1. The molecule has 108 valence electrons. The number of aryl methyl sites for hydroxylation is 1. The second kappa shape index (κ2) is 7.65. The van der Waals surface area contributed by atoms with Gasteiger partial charge in [-0.15, -0.1) is 0 Å². The van der Waals surface area contributed by atoms with Crippen molar-refractivity contribution in [3.05, 3.63) is 18.2 Å². The minimum absolute atomic E-state index is 0.340. The molecule has 2 heterocycles. The van der Waals surface area contributed by atoms with Crippen LogP contribution in [-0.4, -0.2) is 34.1 Å². The summed E-state index contributed by atoms with van der Waals surface area (Å²) >= 11 is 0. The van der Waals surface area contributed by atoms with Crippen LogP contribution in [0.25, 0.3) is 0 Å². The van der Waals surface area contributed by atoms with Crippen molar-refractivity contribution in [2.75, 3.05) is 19.6 Å². The van der Waals surface area contributed by atoms with E-state index >= 15 is 0 Å². The van der Waals surface area contributed by atoms with Crippen LogP contribution in [0.5, 0.6) is 0 Å². The van der Waals surface area contributed by atoms with Crippen LogP contribution >= 0.6 is 0 Å². The Bertz CT molecular complexity index is 353. The molecule has 1 aromatic heterocycles. The summed E-state index contributed by atoms with van der Waals surface area (Å²) in [5.41, 5.74) is 7.36. The first-order chi connectivity index (χ1) is 9.36. The fraction of sp³-hybridized carbons (Fsp3) is 0.800. The lowest BCUT2D eigenvalue weighted by Gasteiger charge is -2.32. The van der Waals surface area contributed by atoms with E-state index < -0.39 is 0 Å². The van der Waals surface area contributed by atoms with E-state index in [0.717, 1.165) is 13.0 Å². The highest BCUT2D eigenvalue weighted by atomic mass is 15.2. The second-order valence-corrected chi connectivity index (χ2v) is 5.57. The largest absolute Gasteiger partial charge is 0.333 e. The molecule has 0 aromatic carbocycles. The summed E-state index contributed by atoms with van der Waals surface area (Å²) in [5.74, 6) is 0. The van der Waals surface area contributed by atoms with E-state index in [2.05, 4.69) is 21.4 Å². The molecule has 1 atom stereocenters. The number of nitrogens with zero attached hydrogens (tertiary/aromatic N) is 3. The van der Waals surface area contributed by atoms with Crippen molar-refractivity contribution in [3.63, 3.8) is 0 Å². The molecule has 0 bridgehead atoms. The zero-order valence-corrected chi connectivity index (χ0v) is 12.2. The van der Waals surface area contributed by atoms with Crippen LogP contribution in [0.15, 0.2) is 12.5 Å². The number of aromatic nitrogens is 2. The lowest BCUT2D eigenvalue weighted by molar-refractivity contribution is 0.177. The summed E-state index contributed by atoms with van der Waals surface area (Å²) in [5, 5.41) is 0. The predicted molar refractivity (Wildman–Crippen MR) is 79.0 cm³/mol. The van der Waals surface area contributed by atoms with Crippen molar-refractivity contribution in [1.29, 1.82) is 0 Å². The highest BCUT2D eigenvalue weighted by molar-refractivity contribution is 5.06. The summed E-state index contributed by atoms with van der Waals surface area (Å²) in [6.45, 7) is 6.30. The number of rotatable bonds is 5. The van der Waals surface area contributed by atoms with E-state index in [0.29, 0.717) is 12.6 Å². The maximum Gasteiger partial charge on any atom is 0.0948 e. The zero-order valence-electron chi connectivity index (χ0n) is 12.2. The molecule has 2 N–H and O–H groups in total. The van der Waals surface area contributed by atoms with Crippen LogP contribution in [0.4, 0.5) is 0 Å². The van der Waals surface area contributed by atoms with Gasteiger partial charge in [-0.05, 0) is 32.4 Å². The lowest BCUT2D eigenvalue weighted by Crippen LogP contribution is -2.37. The van der Waals surface area contributed by atoms with E-state index in [1.807, 2.05) is 12.5 Å². The van der Waals surface area contributed by atoms with E-state index in [1.165, 1.54) is 50.9 Å². The Hall–Kier alpha value is -0.870. The van der Waals surface area contributed by atoms with Gasteiger partial charge in [0.2, 0.25) is 0 Å². The molecule has 1 aliphatic heterocycles. The molecule has 2 rings (SSSR count). The molecule has 1 saturated heterocycles. The summed E-state index contributed by atoms with van der Waals surface area (Å²) in [6.07, 6.45) is 11.8. The van der Waals surface area contributed by atoms with Crippen LogP contribution in [-0.2, 0) is 6.54 Å². The van der Waals surface area contributed by atoms with Gasteiger partial charge in [-0.2, -0.15) is 0 Å². The van der Waals surface area contributed by atoms with Crippen molar-refractivity contribution in [2.24, 2.45) is 5.73 Å². The molecule has 0 radical (unpaired) electrons. The van der Waals surface area contributed by atoms with Gasteiger partial charge < -0.3 is 10.3 Å². The van der Waals surface area contributed by atoms with Gasteiger partial charge in [0.05, 0.1) is 18.1 Å². The maximum atomic E-state index is 6.07. The summed E-state index contributed by atoms with van der Waals surface area (Å²) in [7, 11) is 0. The number of hydrogen-bond donors (Lipinski definition) is 1. The van der Waals surface area contributed by atoms with E-state index in [1.54, 1.807) is 0 Å². The topological polar surface area (TPSA) is 47.1 Å². The number of hydrogen-bond acceptors (Lipinski definition) is 3. The Morgan fingerprint density at radius 2 is 1.89 bits per heavy atom. The molecule has 4 nitrogen and oxygen atoms in total. The Morgan fingerprint density at radius 3 is 2.53 bits per heavy atom. The smallest absolute Gasteiger partial charge is 0.0948 e. The van der Waals surface area contributed by atoms with Crippen molar-refractivity contribution in [1.82, 2.24) is 14.5 Å². The van der Waals surface area contributed by atoms with E-state index in [-0.39, 0.29) is 0 Å². The SMILES string of the molecule is CCCn1cncc1C(CN)N1CCCCCCC1. The number of nitrogens with two attached hydrogens (primary N) is 1. The predicted octanol–water partition coefficient (Wildman–Crippen LogP) is 2.56. The van der Waals surface area contributed by atoms with Gasteiger partial charge in [0.1, 0.15) is 0 Å². The van der Waals surface area contributed by atoms with Gasteiger partial charge in [0.15, 0.2) is 0 Å². The minimum atomic E-state index is 0.340. The van der Waals surface area contributed by atoms with Crippen LogP contribution in [0, 0.1) is 0 Å². The van der Waals surface area contributed by atoms with E-state index in [9.17, 15) is 0 Å².